The van der Waals surface area contributed by atoms with Gasteiger partial charge in [-0.1, -0.05) is 18.2 Å². The van der Waals surface area contributed by atoms with Crippen LogP contribution in [0.5, 0.6) is 5.88 Å². The number of fused-ring (bicyclic) bond motifs is 1. The summed E-state index contributed by atoms with van der Waals surface area (Å²) in [4.78, 5) is 20.3. The van der Waals surface area contributed by atoms with Crippen LogP contribution in [0.1, 0.15) is 6.92 Å². The van der Waals surface area contributed by atoms with Crippen molar-refractivity contribution >= 4 is 34.1 Å². The lowest BCUT2D eigenvalue weighted by atomic mass is 10.1. The van der Waals surface area contributed by atoms with Gasteiger partial charge in [0.15, 0.2) is 0 Å². The molecule has 0 atom stereocenters. The van der Waals surface area contributed by atoms with E-state index in [1.165, 1.54) is 0 Å². The fourth-order valence-electron chi connectivity index (χ4n) is 2.41. The molecule has 2 aromatic heterocycles. The smallest absolute Gasteiger partial charge is 0.320 e. The second-order valence-electron chi connectivity index (χ2n) is 5.27. The minimum Gasteiger partial charge on any atom is -0.481 e. The summed E-state index contributed by atoms with van der Waals surface area (Å²) in [5, 5.41) is 10.5. The number of benzene rings is 1. The van der Waals surface area contributed by atoms with E-state index in [-0.39, 0.29) is 6.03 Å². The molecule has 0 saturated heterocycles. The van der Waals surface area contributed by atoms with Crippen LogP contribution in [0.4, 0.5) is 22.1 Å². The number of anilines is 3. The number of amides is 2. The molecule has 128 valence electrons. The quantitative estimate of drug-likeness (QED) is 0.663. The van der Waals surface area contributed by atoms with Crippen LogP contribution in [0.15, 0.2) is 48.7 Å². The Kier molecular flexibility index (Phi) is 4.94. The molecule has 0 bridgehead atoms. The number of carbonyl (C=O) groups excluding carboxylic acids is 1. The lowest BCUT2D eigenvalue weighted by molar-refractivity contribution is 0.252. The van der Waals surface area contributed by atoms with Crippen molar-refractivity contribution in [1.82, 2.24) is 15.3 Å². The van der Waals surface area contributed by atoms with E-state index in [1.807, 2.05) is 43.3 Å². The molecule has 0 spiro atoms. The zero-order valence-corrected chi connectivity index (χ0v) is 14.0. The minimum atomic E-state index is -0.274. The SMILES string of the molecule is CCNC(=O)Nc1cc2cccc(Nc3cccc(OC)n3)c2cn1. The van der Waals surface area contributed by atoms with Crippen molar-refractivity contribution in [3.8, 4) is 5.88 Å². The van der Waals surface area contributed by atoms with Gasteiger partial charge in [-0.2, -0.15) is 4.98 Å². The summed E-state index contributed by atoms with van der Waals surface area (Å²) in [7, 11) is 1.58. The Bertz CT molecular complexity index is 898. The molecule has 25 heavy (non-hydrogen) atoms. The summed E-state index contributed by atoms with van der Waals surface area (Å²) in [6.45, 7) is 2.42. The van der Waals surface area contributed by atoms with Gasteiger partial charge in [-0.25, -0.2) is 9.78 Å². The number of nitrogens with zero attached hydrogens (tertiary/aromatic N) is 2. The zero-order chi connectivity index (χ0) is 17.6. The van der Waals surface area contributed by atoms with Gasteiger partial charge in [0, 0.05) is 29.9 Å². The molecule has 1 aromatic carbocycles. The second-order valence-corrected chi connectivity index (χ2v) is 5.27. The van der Waals surface area contributed by atoms with Crippen molar-refractivity contribution in [3.63, 3.8) is 0 Å². The summed E-state index contributed by atoms with van der Waals surface area (Å²) < 4.78 is 5.14. The molecule has 0 aliphatic carbocycles. The van der Waals surface area contributed by atoms with E-state index in [1.54, 1.807) is 19.4 Å². The number of aromatic nitrogens is 2. The average molecular weight is 337 g/mol. The molecule has 0 fully saturated rings. The van der Waals surface area contributed by atoms with Gasteiger partial charge in [0.2, 0.25) is 5.88 Å². The van der Waals surface area contributed by atoms with Gasteiger partial charge in [-0.15, -0.1) is 0 Å². The molecule has 7 nitrogen and oxygen atoms in total. The Labute approximate surface area is 145 Å². The highest BCUT2D eigenvalue weighted by Gasteiger charge is 2.07. The van der Waals surface area contributed by atoms with Crippen molar-refractivity contribution in [2.45, 2.75) is 6.92 Å². The van der Waals surface area contributed by atoms with E-state index >= 15 is 0 Å². The minimum absolute atomic E-state index is 0.274. The largest absolute Gasteiger partial charge is 0.481 e. The van der Waals surface area contributed by atoms with Gasteiger partial charge in [0.1, 0.15) is 11.6 Å². The number of hydrogen-bond donors (Lipinski definition) is 3. The van der Waals surface area contributed by atoms with Crippen molar-refractivity contribution in [1.29, 1.82) is 0 Å². The maximum Gasteiger partial charge on any atom is 0.320 e. The van der Waals surface area contributed by atoms with Crippen LogP contribution in [0.2, 0.25) is 0 Å². The molecule has 3 rings (SSSR count). The third kappa shape index (κ3) is 3.95. The fraction of sp³-hybridized carbons (Fsp3) is 0.167. The van der Waals surface area contributed by atoms with Gasteiger partial charge >= 0.3 is 6.03 Å². The van der Waals surface area contributed by atoms with Crippen molar-refractivity contribution < 1.29 is 9.53 Å². The van der Waals surface area contributed by atoms with Crippen molar-refractivity contribution in [2.75, 3.05) is 24.3 Å². The first kappa shape index (κ1) is 16.5. The Balaban J connectivity index is 1.88. The summed E-state index contributed by atoms with van der Waals surface area (Å²) in [5.41, 5.74) is 0.871. The Morgan fingerprint density at radius 3 is 2.80 bits per heavy atom. The van der Waals surface area contributed by atoms with E-state index < -0.39 is 0 Å². The molecule has 0 aliphatic rings. The molecule has 0 saturated carbocycles. The van der Waals surface area contributed by atoms with E-state index in [2.05, 4.69) is 25.9 Å². The van der Waals surface area contributed by atoms with E-state index in [0.29, 0.717) is 24.1 Å². The lowest BCUT2D eigenvalue weighted by Gasteiger charge is -2.11. The van der Waals surface area contributed by atoms with Crippen LogP contribution in [0.3, 0.4) is 0 Å². The van der Waals surface area contributed by atoms with Crippen molar-refractivity contribution in [3.05, 3.63) is 48.7 Å². The molecule has 2 heterocycles. The fourth-order valence-corrected chi connectivity index (χ4v) is 2.41. The van der Waals surface area contributed by atoms with Crippen LogP contribution >= 0.6 is 0 Å². The first-order chi connectivity index (χ1) is 12.2. The highest BCUT2D eigenvalue weighted by molar-refractivity contribution is 5.97. The van der Waals surface area contributed by atoms with Gasteiger partial charge < -0.3 is 15.4 Å². The Morgan fingerprint density at radius 2 is 2.00 bits per heavy atom. The van der Waals surface area contributed by atoms with Crippen LogP contribution < -0.4 is 20.7 Å². The average Bonchev–Trinajstić information content (AvgIpc) is 2.62. The van der Waals surface area contributed by atoms with E-state index in [0.717, 1.165) is 16.5 Å². The first-order valence-corrected chi connectivity index (χ1v) is 7.91. The highest BCUT2D eigenvalue weighted by Crippen LogP contribution is 2.27. The zero-order valence-electron chi connectivity index (χ0n) is 14.0. The van der Waals surface area contributed by atoms with Crippen molar-refractivity contribution in [2.24, 2.45) is 0 Å². The molecule has 0 aliphatic heterocycles. The maximum atomic E-state index is 11.6. The van der Waals surface area contributed by atoms with Crippen LogP contribution in [-0.2, 0) is 0 Å². The predicted molar refractivity (Wildman–Crippen MR) is 98.5 cm³/mol. The Hall–Kier alpha value is -3.35. The second kappa shape index (κ2) is 7.48. The van der Waals surface area contributed by atoms with Gasteiger partial charge in [0.05, 0.1) is 7.11 Å². The topological polar surface area (TPSA) is 88.2 Å². The molecular formula is C18H19N5O2. The summed E-state index contributed by atoms with van der Waals surface area (Å²) >= 11 is 0. The summed E-state index contributed by atoms with van der Waals surface area (Å²) in [6.07, 6.45) is 1.72. The van der Waals surface area contributed by atoms with Crippen LogP contribution in [0, 0.1) is 0 Å². The number of urea groups is 1. The third-order valence-electron chi connectivity index (χ3n) is 3.54. The number of rotatable bonds is 5. The van der Waals surface area contributed by atoms with Crippen LogP contribution in [0.25, 0.3) is 10.8 Å². The Morgan fingerprint density at radius 1 is 1.16 bits per heavy atom. The monoisotopic (exact) mass is 337 g/mol. The van der Waals surface area contributed by atoms with Gasteiger partial charge in [-0.3, -0.25) is 5.32 Å². The number of pyridine rings is 2. The number of ether oxygens (including phenoxy) is 1. The highest BCUT2D eigenvalue weighted by atomic mass is 16.5. The number of hydrogen-bond acceptors (Lipinski definition) is 5. The van der Waals surface area contributed by atoms with Gasteiger partial charge in [0.25, 0.3) is 0 Å². The number of methoxy groups -OCH3 is 1. The summed E-state index contributed by atoms with van der Waals surface area (Å²) in [5.74, 6) is 1.71. The molecule has 7 heteroatoms. The number of nitrogens with one attached hydrogen (secondary N) is 3. The molecule has 2 amide bonds. The normalized spacial score (nSPS) is 10.3. The first-order valence-electron chi connectivity index (χ1n) is 7.91. The standard InChI is InChI=1S/C18H19N5O2/c1-3-19-18(24)23-16-10-12-6-4-7-14(13(12)11-20-16)21-15-8-5-9-17(22-15)25-2/h4-11H,3H2,1-2H3,(H,21,22)(H2,19,20,23,24). The molecule has 3 N–H and O–H groups in total. The molecule has 0 unspecified atom stereocenters. The number of carbonyl (C=O) groups is 1. The molecule has 0 radical (unpaired) electrons. The van der Waals surface area contributed by atoms with E-state index in [4.69, 9.17) is 4.74 Å². The predicted octanol–water partition coefficient (Wildman–Crippen LogP) is 3.52. The van der Waals surface area contributed by atoms with E-state index in [9.17, 15) is 4.79 Å². The van der Waals surface area contributed by atoms with Crippen LogP contribution in [-0.4, -0.2) is 29.7 Å². The van der Waals surface area contributed by atoms with Gasteiger partial charge in [-0.05, 0) is 30.5 Å². The third-order valence-corrected chi connectivity index (χ3v) is 3.54. The summed E-state index contributed by atoms with van der Waals surface area (Å²) in [6, 6.07) is 12.9. The molecule has 3 aromatic rings. The molecular weight excluding hydrogens is 318 g/mol. The lowest BCUT2D eigenvalue weighted by Crippen LogP contribution is -2.28. The maximum absolute atomic E-state index is 11.6.